The second-order valence-corrected chi connectivity index (χ2v) is 4.86. The Morgan fingerprint density at radius 3 is 3.17 bits per heavy atom. The molecule has 0 saturated heterocycles. The van der Waals surface area contributed by atoms with Gasteiger partial charge in [0.25, 0.3) is 5.56 Å². The van der Waals surface area contributed by atoms with Crippen molar-refractivity contribution in [1.29, 1.82) is 0 Å². The van der Waals surface area contributed by atoms with Crippen LogP contribution in [0.2, 0.25) is 0 Å². The SMILES string of the molecule is NC(Cn1cnc2sccc2c1=O)c1ccco1. The molecule has 0 aliphatic heterocycles. The zero-order valence-electron chi connectivity index (χ0n) is 9.45. The Morgan fingerprint density at radius 1 is 1.50 bits per heavy atom. The number of nitrogens with zero attached hydrogens (tertiary/aromatic N) is 2. The van der Waals surface area contributed by atoms with Crippen molar-refractivity contribution in [2.75, 3.05) is 0 Å². The average Bonchev–Trinajstić information content (AvgIpc) is 3.02. The molecule has 0 aromatic carbocycles. The van der Waals surface area contributed by atoms with Crippen LogP contribution in [0.4, 0.5) is 0 Å². The van der Waals surface area contributed by atoms with Crippen molar-refractivity contribution in [3.63, 3.8) is 0 Å². The molecule has 3 aromatic rings. The van der Waals surface area contributed by atoms with Crippen molar-refractivity contribution < 1.29 is 4.42 Å². The first kappa shape index (κ1) is 11.2. The Kier molecular flexibility index (Phi) is 2.73. The maximum atomic E-state index is 12.1. The molecule has 6 heteroatoms. The summed E-state index contributed by atoms with van der Waals surface area (Å²) in [6, 6.07) is 5.00. The average molecular weight is 261 g/mol. The lowest BCUT2D eigenvalue weighted by Gasteiger charge is -2.10. The van der Waals surface area contributed by atoms with Crippen molar-refractivity contribution >= 4 is 21.6 Å². The molecular formula is C12H11N3O2S. The lowest BCUT2D eigenvalue weighted by Crippen LogP contribution is -2.26. The van der Waals surface area contributed by atoms with Crippen LogP contribution in [0.1, 0.15) is 11.8 Å². The summed E-state index contributed by atoms with van der Waals surface area (Å²) >= 11 is 1.45. The van der Waals surface area contributed by atoms with Gasteiger partial charge in [0, 0.05) is 6.54 Å². The highest BCUT2D eigenvalue weighted by atomic mass is 32.1. The number of hydrogen-bond donors (Lipinski definition) is 1. The van der Waals surface area contributed by atoms with E-state index in [1.165, 1.54) is 22.2 Å². The van der Waals surface area contributed by atoms with E-state index >= 15 is 0 Å². The number of rotatable bonds is 3. The summed E-state index contributed by atoms with van der Waals surface area (Å²) in [5.74, 6) is 0.660. The van der Waals surface area contributed by atoms with Crippen LogP contribution in [0.3, 0.4) is 0 Å². The summed E-state index contributed by atoms with van der Waals surface area (Å²) in [5, 5.41) is 2.49. The molecule has 0 bridgehead atoms. The van der Waals surface area contributed by atoms with E-state index in [1.54, 1.807) is 24.5 Å². The van der Waals surface area contributed by atoms with Gasteiger partial charge >= 0.3 is 0 Å². The molecule has 3 aromatic heterocycles. The molecule has 1 unspecified atom stereocenters. The molecular weight excluding hydrogens is 250 g/mol. The molecule has 5 nitrogen and oxygen atoms in total. The van der Waals surface area contributed by atoms with Gasteiger partial charge in [0.05, 0.1) is 24.0 Å². The zero-order valence-corrected chi connectivity index (χ0v) is 10.3. The van der Waals surface area contributed by atoms with Crippen LogP contribution >= 0.6 is 11.3 Å². The van der Waals surface area contributed by atoms with Gasteiger partial charge in [0.15, 0.2) is 0 Å². The molecule has 0 aliphatic carbocycles. The topological polar surface area (TPSA) is 74.1 Å². The fourth-order valence-electron chi connectivity index (χ4n) is 1.83. The molecule has 0 spiro atoms. The fraction of sp³-hybridized carbons (Fsp3) is 0.167. The first-order chi connectivity index (χ1) is 8.75. The van der Waals surface area contributed by atoms with Gasteiger partial charge in [-0.05, 0) is 23.6 Å². The summed E-state index contributed by atoms with van der Waals surface area (Å²) in [5.41, 5.74) is 5.91. The molecule has 0 saturated carbocycles. The third kappa shape index (κ3) is 1.85. The second-order valence-electron chi connectivity index (χ2n) is 3.96. The molecule has 0 amide bonds. The number of furan rings is 1. The van der Waals surface area contributed by atoms with E-state index in [1.807, 2.05) is 5.38 Å². The Hall–Kier alpha value is -1.92. The number of aromatic nitrogens is 2. The van der Waals surface area contributed by atoms with Gasteiger partial charge in [0.1, 0.15) is 10.6 Å². The van der Waals surface area contributed by atoms with Gasteiger partial charge in [0.2, 0.25) is 0 Å². The minimum atomic E-state index is -0.351. The fourth-order valence-corrected chi connectivity index (χ4v) is 2.55. The Bertz CT molecular complexity index is 714. The van der Waals surface area contributed by atoms with Crippen LogP contribution in [0, 0.1) is 0 Å². The van der Waals surface area contributed by atoms with Crippen molar-refractivity contribution in [2.45, 2.75) is 12.6 Å². The monoisotopic (exact) mass is 261 g/mol. The van der Waals surface area contributed by atoms with Crippen LogP contribution in [0.15, 0.2) is 45.4 Å². The van der Waals surface area contributed by atoms with Crippen LogP contribution in [-0.4, -0.2) is 9.55 Å². The van der Waals surface area contributed by atoms with E-state index in [2.05, 4.69) is 4.98 Å². The van der Waals surface area contributed by atoms with E-state index in [4.69, 9.17) is 10.2 Å². The van der Waals surface area contributed by atoms with Crippen molar-refractivity contribution in [2.24, 2.45) is 5.73 Å². The van der Waals surface area contributed by atoms with Crippen LogP contribution < -0.4 is 11.3 Å². The first-order valence-corrected chi connectivity index (χ1v) is 6.35. The molecule has 92 valence electrons. The second kappa shape index (κ2) is 4.40. The standard InChI is InChI=1S/C12H11N3O2S/c13-9(10-2-1-4-17-10)6-15-7-14-11-8(12(15)16)3-5-18-11/h1-5,7,9H,6,13H2. The predicted octanol–water partition coefficient (Wildman–Crippen LogP) is 1.75. The normalized spacial score (nSPS) is 12.9. The van der Waals surface area contributed by atoms with Gasteiger partial charge in [-0.25, -0.2) is 4.98 Å². The lowest BCUT2D eigenvalue weighted by atomic mass is 10.2. The third-order valence-corrected chi connectivity index (χ3v) is 3.57. The Labute approximate surface area is 106 Å². The highest BCUT2D eigenvalue weighted by Crippen LogP contribution is 2.15. The number of nitrogens with two attached hydrogens (primary N) is 1. The van der Waals surface area contributed by atoms with E-state index < -0.39 is 0 Å². The van der Waals surface area contributed by atoms with Crippen molar-refractivity contribution in [1.82, 2.24) is 9.55 Å². The minimum absolute atomic E-state index is 0.0664. The maximum absolute atomic E-state index is 12.1. The molecule has 0 radical (unpaired) electrons. The minimum Gasteiger partial charge on any atom is -0.468 e. The summed E-state index contributed by atoms with van der Waals surface area (Å²) < 4.78 is 6.74. The van der Waals surface area contributed by atoms with Crippen LogP contribution in [0.25, 0.3) is 10.2 Å². The number of hydrogen-bond acceptors (Lipinski definition) is 5. The first-order valence-electron chi connectivity index (χ1n) is 5.47. The van der Waals surface area contributed by atoms with Gasteiger partial charge in [-0.1, -0.05) is 0 Å². The molecule has 2 N–H and O–H groups in total. The van der Waals surface area contributed by atoms with Crippen LogP contribution in [0.5, 0.6) is 0 Å². The van der Waals surface area contributed by atoms with E-state index in [0.29, 0.717) is 17.7 Å². The Morgan fingerprint density at radius 2 is 2.39 bits per heavy atom. The van der Waals surface area contributed by atoms with Gasteiger partial charge in [-0.3, -0.25) is 9.36 Å². The third-order valence-electron chi connectivity index (χ3n) is 2.75. The van der Waals surface area contributed by atoms with E-state index in [-0.39, 0.29) is 11.6 Å². The zero-order chi connectivity index (χ0) is 12.5. The summed E-state index contributed by atoms with van der Waals surface area (Å²) in [6.07, 6.45) is 3.10. The summed E-state index contributed by atoms with van der Waals surface area (Å²) in [7, 11) is 0. The van der Waals surface area contributed by atoms with Gasteiger partial charge < -0.3 is 10.2 Å². The van der Waals surface area contributed by atoms with Gasteiger partial charge in [-0.2, -0.15) is 0 Å². The van der Waals surface area contributed by atoms with E-state index in [9.17, 15) is 4.79 Å². The highest BCUT2D eigenvalue weighted by molar-refractivity contribution is 7.16. The highest BCUT2D eigenvalue weighted by Gasteiger charge is 2.12. The largest absolute Gasteiger partial charge is 0.468 e. The summed E-state index contributed by atoms with van der Waals surface area (Å²) in [6.45, 7) is 0.352. The van der Waals surface area contributed by atoms with Crippen molar-refractivity contribution in [3.05, 3.63) is 52.3 Å². The van der Waals surface area contributed by atoms with Crippen molar-refractivity contribution in [3.8, 4) is 0 Å². The quantitative estimate of drug-likeness (QED) is 0.779. The van der Waals surface area contributed by atoms with Crippen LogP contribution in [-0.2, 0) is 6.54 Å². The Balaban J connectivity index is 1.95. The smallest absolute Gasteiger partial charge is 0.262 e. The molecule has 0 aliphatic rings. The maximum Gasteiger partial charge on any atom is 0.262 e. The van der Waals surface area contributed by atoms with E-state index in [0.717, 1.165) is 4.83 Å². The molecule has 3 heterocycles. The number of fused-ring (bicyclic) bond motifs is 1. The molecule has 0 fully saturated rings. The number of thiophene rings is 1. The predicted molar refractivity (Wildman–Crippen MR) is 69.5 cm³/mol. The molecule has 18 heavy (non-hydrogen) atoms. The molecule has 3 rings (SSSR count). The lowest BCUT2D eigenvalue weighted by molar-refractivity contribution is 0.430. The summed E-state index contributed by atoms with van der Waals surface area (Å²) in [4.78, 5) is 17.1. The molecule has 1 atom stereocenters. The van der Waals surface area contributed by atoms with Gasteiger partial charge in [-0.15, -0.1) is 11.3 Å².